The van der Waals surface area contributed by atoms with Crippen molar-refractivity contribution in [2.75, 3.05) is 26.2 Å². The molecule has 5 nitrogen and oxygen atoms in total. The van der Waals surface area contributed by atoms with Gasteiger partial charge in [-0.25, -0.2) is 0 Å². The summed E-state index contributed by atoms with van der Waals surface area (Å²) in [5.74, 6) is -0.0000638. The summed E-state index contributed by atoms with van der Waals surface area (Å²) in [6.45, 7) is 3.18. The Bertz CT molecular complexity index is 558. The monoisotopic (exact) mass is 256 g/mol. The average molecular weight is 256 g/mol. The van der Waals surface area contributed by atoms with E-state index >= 15 is 0 Å². The summed E-state index contributed by atoms with van der Waals surface area (Å²) < 4.78 is 0. The molecule has 0 spiro atoms. The Morgan fingerprint density at radius 3 is 2.63 bits per heavy atom. The van der Waals surface area contributed by atoms with Crippen molar-refractivity contribution < 1.29 is 4.79 Å². The highest BCUT2D eigenvalue weighted by molar-refractivity contribution is 5.93. The maximum absolute atomic E-state index is 12.3. The molecule has 2 aromatic rings. The van der Waals surface area contributed by atoms with E-state index in [-0.39, 0.29) is 5.91 Å². The van der Waals surface area contributed by atoms with Gasteiger partial charge in [0.15, 0.2) is 5.69 Å². The van der Waals surface area contributed by atoms with Crippen LogP contribution in [0, 0.1) is 0 Å². The third kappa shape index (κ3) is 2.51. The van der Waals surface area contributed by atoms with E-state index in [9.17, 15) is 4.79 Å². The molecule has 0 atom stereocenters. The van der Waals surface area contributed by atoms with E-state index in [4.69, 9.17) is 0 Å². The van der Waals surface area contributed by atoms with Gasteiger partial charge in [-0.15, -0.1) is 0 Å². The number of H-pyrrole nitrogens is 1. The van der Waals surface area contributed by atoms with E-state index in [1.165, 1.54) is 0 Å². The lowest BCUT2D eigenvalue weighted by molar-refractivity contribution is 0.0730. The first kappa shape index (κ1) is 11.9. The van der Waals surface area contributed by atoms with Crippen molar-refractivity contribution in [2.45, 2.75) is 0 Å². The van der Waals surface area contributed by atoms with Crippen molar-refractivity contribution in [3.8, 4) is 11.3 Å². The maximum atomic E-state index is 12.3. The van der Waals surface area contributed by atoms with Gasteiger partial charge in [-0.2, -0.15) is 5.10 Å². The van der Waals surface area contributed by atoms with E-state index in [1.807, 2.05) is 41.3 Å². The molecule has 3 rings (SSSR count). The highest BCUT2D eigenvalue weighted by Gasteiger charge is 2.20. The minimum atomic E-state index is -0.0000638. The Balaban J connectivity index is 1.79. The third-order valence-electron chi connectivity index (χ3n) is 3.29. The number of carbonyl (C=O) groups is 1. The second kappa shape index (κ2) is 5.24. The molecule has 1 aromatic carbocycles. The quantitative estimate of drug-likeness (QED) is 0.846. The Morgan fingerprint density at radius 2 is 1.89 bits per heavy atom. The van der Waals surface area contributed by atoms with Crippen LogP contribution in [0.3, 0.4) is 0 Å². The molecule has 1 aromatic heterocycles. The van der Waals surface area contributed by atoms with Gasteiger partial charge in [0.2, 0.25) is 0 Å². The molecule has 0 radical (unpaired) electrons. The van der Waals surface area contributed by atoms with Crippen molar-refractivity contribution >= 4 is 5.91 Å². The van der Waals surface area contributed by atoms with Crippen molar-refractivity contribution in [1.29, 1.82) is 0 Å². The second-order valence-corrected chi connectivity index (χ2v) is 4.58. The summed E-state index contributed by atoms with van der Waals surface area (Å²) >= 11 is 0. The van der Waals surface area contributed by atoms with Crippen LogP contribution in [0.4, 0.5) is 0 Å². The van der Waals surface area contributed by atoms with Crippen LogP contribution < -0.4 is 5.32 Å². The minimum absolute atomic E-state index is 0.0000638. The van der Waals surface area contributed by atoms with Gasteiger partial charge in [-0.1, -0.05) is 30.3 Å². The molecule has 19 heavy (non-hydrogen) atoms. The van der Waals surface area contributed by atoms with Crippen molar-refractivity contribution in [3.05, 3.63) is 42.1 Å². The molecule has 0 saturated carbocycles. The molecule has 1 aliphatic rings. The van der Waals surface area contributed by atoms with Crippen LogP contribution in [-0.2, 0) is 0 Å². The van der Waals surface area contributed by atoms with E-state index < -0.39 is 0 Å². The molecule has 0 bridgehead atoms. The SMILES string of the molecule is O=C(c1cc(-c2ccccc2)[nH]n1)N1CCNCC1. The summed E-state index contributed by atoms with van der Waals surface area (Å²) in [5, 5.41) is 10.3. The van der Waals surface area contributed by atoms with E-state index in [1.54, 1.807) is 0 Å². The van der Waals surface area contributed by atoms with Crippen LogP contribution in [0.15, 0.2) is 36.4 Å². The average Bonchev–Trinajstić information content (AvgIpc) is 2.98. The van der Waals surface area contributed by atoms with Crippen LogP contribution in [-0.4, -0.2) is 47.2 Å². The summed E-state index contributed by atoms with van der Waals surface area (Å²) in [4.78, 5) is 14.1. The predicted molar refractivity (Wildman–Crippen MR) is 72.8 cm³/mol. The smallest absolute Gasteiger partial charge is 0.274 e. The highest BCUT2D eigenvalue weighted by atomic mass is 16.2. The number of amides is 1. The van der Waals surface area contributed by atoms with Crippen LogP contribution in [0.25, 0.3) is 11.3 Å². The number of rotatable bonds is 2. The van der Waals surface area contributed by atoms with Gasteiger partial charge >= 0.3 is 0 Å². The Morgan fingerprint density at radius 1 is 1.16 bits per heavy atom. The third-order valence-corrected chi connectivity index (χ3v) is 3.29. The van der Waals surface area contributed by atoms with E-state index in [0.717, 1.165) is 37.4 Å². The zero-order chi connectivity index (χ0) is 13.1. The number of aromatic nitrogens is 2. The van der Waals surface area contributed by atoms with Gasteiger partial charge in [0.05, 0.1) is 5.69 Å². The first-order valence-electron chi connectivity index (χ1n) is 6.45. The van der Waals surface area contributed by atoms with Crippen LogP contribution in [0.2, 0.25) is 0 Å². The van der Waals surface area contributed by atoms with Gasteiger partial charge in [0.25, 0.3) is 5.91 Å². The summed E-state index contributed by atoms with van der Waals surface area (Å²) in [5.41, 5.74) is 2.40. The number of nitrogens with zero attached hydrogens (tertiary/aromatic N) is 2. The summed E-state index contributed by atoms with van der Waals surface area (Å²) in [7, 11) is 0. The summed E-state index contributed by atoms with van der Waals surface area (Å²) in [6, 6.07) is 11.7. The van der Waals surface area contributed by atoms with Gasteiger partial charge in [0, 0.05) is 26.2 Å². The van der Waals surface area contributed by atoms with Gasteiger partial charge in [-0.05, 0) is 11.6 Å². The standard InChI is InChI=1S/C14H16N4O/c19-14(18-8-6-15-7-9-18)13-10-12(16-17-13)11-4-2-1-3-5-11/h1-5,10,15H,6-9H2,(H,16,17). The molecular weight excluding hydrogens is 240 g/mol. The lowest BCUT2D eigenvalue weighted by Gasteiger charge is -2.26. The zero-order valence-electron chi connectivity index (χ0n) is 10.6. The lowest BCUT2D eigenvalue weighted by Crippen LogP contribution is -2.46. The molecule has 1 aliphatic heterocycles. The zero-order valence-corrected chi connectivity index (χ0v) is 10.6. The van der Waals surface area contributed by atoms with Crippen molar-refractivity contribution in [3.63, 3.8) is 0 Å². The second-order valence-electron chi connectivity index (χ2n) is 4.58. The topological polar surface area (TPSA) is 61.0 Å². The molecule has 2 heterocycles. The number of piperazine rings is 1. The van der Waals surface area contributed by atoms with Crippen LogP contribution in [0.1, 0.15) is 10.5 Å². The predicted octanol–water partition coefficient (Wildman–Crippen LogP) is 1.12. The fraction of sp³-hybridized carbons (Fsp3) is 0.286. The molecule has 5 heteroatoms. The van der Waals surface area contributed by atoms with Crippen LogP contribution >= 0.6 is 0 Å². The van der Waals surface area contributed by atoms with Crippen molar-refractivity contribution in [2.24, 2.45) is 0 Å². The largest absolute Gasteiger partial charge is 0.335 e. The van der Waals surface area contributed by atoms with Gasteiger partial charge in [0.1, 0.15) is 0 Å². The molecule has 0 unspecified atom stereocenters. The Kier molecular flexibility index (Phi) is 3.29. The number of carbonyl (C=O) groups excluding carboxylic acids is 1. The molecule has 1 fully saturated rings. The van der Waals surface area contributed by atoms with Crippen molar-refractivity contribution in [1.82, 2.24) is 20.4 Å². The minimum Gasteiger partial charge on any atom is -0.335 e. The first-order chi connectivity index (χ1) is 9.34. The number of hydrogen-bond acceptors (Lipinski definition) is 3. The normalized spacial score (nSPS) is 15.5. The molecular formula is C14H16N4O. The number of benzene rings is 1. The Labute approximate surface area is 111 Å². The summed E-state index contributed by atoms with van der Waals surface area (Å²) in [6.07, 6.45) is 0. The number of hydrogen-bond donors (Lipinski definition) is 2. The van der Waals surface area contributed by atoms with Crippen LogP contribution in [0.5, 0.6) is 0 Å². The number of nitrogens with one attached hydrogen (secondary N) is 2. The fourth-order valence-electron chi connectivity index (χ4n) is 2.23. The molecule has 1 amide bonds. The lowest BCUT2D eigenvalue weighted by atomic mass is 10.1. The van der Waals surface area contributed by atoms with Gasteiger partial charge in [-0.3, -0.25) is 9.89 Å². The maximum Gasteiger partial charge on any atom is 0.274 e. The highest BCUT2D eigenvalue weighted by Crippen LogP contribution is 2.17. The Hall–Kier alpha value is -2.14. The van der Waals surface area contributed by atoms with E-state index in [2.05, 4.69) is 15.5 Å². The molecule has 0 aliphatic carbocycles. The van der Waals surface area contributed by atoms with Gasteiger partial charge < -0.3 is 10.2 Å². The molecule has 1 saturated heterocycles. The molecule has 2 N–H and O–H groups in total. The molecule has 98 valence electrons. The fourth-order valence-corrected chi connectivity index (χ4v) is 2.23. The first-order valence-corrected chi connectivity index (χ1v) is 6.45. The number of aromatic amines is 1. The van der Waals surface area contributed by atoms with E-state index in [0.29, 0.717) is 5.69 Å².